The zero-order valence-electron chi connectivity index (χ0n) is 11.0. The normalized spacial score (nSPS) is 20.5. The van der Waals surface area contributed by atoms with Crippen molar-refractivity contribution < 1.29 is 14.3 Å². The molecule has 0 aliphatic carbocycles. The van der Waals surface area contributed by atoms with Gasteiger partial charge in [-0.3, -0.25) is 4.79 Å². The summed E-state index contributed by atoms with van der Waals surface area (Å²) < 4.78 is 5.05. The minimum absolute atomic E-state index is 0.0113. The summed E-state index contributed by atoms with van der Waals surface area (Å²) in [6, 6.07) is 0. The molecule has 0 saturated heterocycles. The highest BCUT2D eigenvalue weighted by Gasteiger charge is 2.31. The Morgan fingerprint density at radius 2 is 2.18 bits per heavy atom. The quantitative estimate of drug-likeness (QED) is 0.763. The fourth-order valence-corrected chi connectivity index (χ4v) is 2.26. The first-order chi connectivity index (χ1) is 7.95. The van der Waals surface area contributed by atoms with Crippen molar-refractivity contribution in [1.82, 2.24) is 5.32 Å². The Morgan fingerprint density at radius 3 is 2.71 bits per heavy atom. The zero-order valence-corrected chi connectivity index (χ0v) is 11.0. The van der Waals surface area contributed by atoms with Gasteiger partial charge in [-0.15, -0.1) is 0 Å². The number of hydrogen-bond acceptors (Lipinski definition) is 3. The van der Waals surface area contributed by atoms with Crippen LogP contribution in [0.1, 0.15) is 40.5 Å². The minimum Gasteiger partial charge on any atom is -0.463 e. The molecule has 1 amide bonds. The second-order valence-corrected chi connectivity index (χ2v) is 4.84. The van der Waals surface area contributed by atoms with Gasteiger partial charge in [-0.1, -0.05) is 13.8 Å². The summed E-state index contributed by atoms with van der Waals surface area (Å²) in [5.74, 6) is 0.128. The SMILES string of the molecule is CCOC(=O)C1=C(C)NC(=O)CC1CC(C)C. The predicted octanol–water partition coefficient (Wildman–Crippen LogP) is 2.01. The monoisotopic (exact) mass is 239 g/mol. The summed E-state index contributed by atoms with van der Waals surface area (Å²) in [4.78, 5) is 23.4. The van der Waals surface area contributed by atoms with Crippen molar-refractivity contribution in [2.75, 3.05) is 6.61 Å². The molecule has 1 unspecified atom stereocenters. The molecule has 1 heterocycles. The van der Waals surface area contributed by atoms with Crippen LogP contribution in [0.5, 0.6) is 0 Å². The Bertz CT molecular complexity index is 345. The van der Waals surface area contributed by atoms with Crippen LogP contribution >= 0.6 is 0 Å². The van der Waals surface area contributed by atoms with E-state index in [0.717, 1.165) is 6.42 Å². The molecule has 0 aromatic carbocycles. The third-order valence-corrected chi connectivity index (χ3v) is 2.82. The van der Waals surface area contributed by atoms with Crippen LogP contribution in [0.4, 0.5) is 0 Å². The van der Waals surface area contributed by atoms with Crippen LogP contribution in [-0.4, -0.2) is 18.5 Å². The van der Waals surface area contributed by atoms with E-state index < -0.39 is 0 Å². The Hall–Kier alpha value is -1.32. The van der Waals surface area contributed by atoms with Crippen molar-refractivity contribution in [2.45, 2.75) is 40.5 Å². The van der Waals surface area contributed by atoms with E-state index in [-0.39, 0.29) is 17.8 Å². The Labute approximate surface area is 102 Å². The van der Waals surface area contributed by atoms with Gasteiger partial charge < -0.3 is 10.1 Å². The highest BCUT2D eigenvalue weighted by molar-refractivity contribution is 5.94. The number of amides is 1. The van der Waals surface area contributed by atoms with Gasteiger partial charge in [0.25, 0.3) is 0 Å². The van der Waals surface area contributed by atoms with Crippen LogP contribution < -0.4 is 5.32 Å². The summed E-state index contributed by atoms with van der Waals surface area (Å²) in [6.45, 7) is 8.08. The molecule has 17 heavy (non-hydrogen) atoms. The van der Waals surface area contributed by atoms with E-state index in [4.69, 9.17) is 4.74 Å². The molecule has 0 spiro atoms. The van der Waals surface area contributed by atoms with Crippen LogP contribution in [0.2, 0.25) is 0 Å². The van der Waals surface area contributed by atoms with E-state index in [1.807, 2.05) is 0 Å². The van der Waals surface area contributed by atoms with Crippen molar-refractivity contribution in [1.29, 1.82) is 0 Å². The number of rotatable bonds is 4. The first-order valence-corrected chi connectivity index (χ1v) is 6.13. The second kappa shape index (κ2) is 5.84. The summed E-state index contributed by atoms with van der Waals surface area (Å²) in [5.41, 5.74) is 1.28. The van der Waals surface area contributed by atoms with Gasteiger partial charge in [-0.2, -0.15) is 0 Å². The molecular formula is C13H21NO3. The lowest BCUT2D eigenvalue weighted by molar-refractivity contribution is -0.139. The Balaban J connectivity index is 2.95. The van der Waals surface area contributed by atoms with E-state index in [1.165, 1.54) is 0 Å². The van der Waals surface area contributed by atoms with Crippen LogP contribution in [-0.2, 0) is 14.3 Å². The number of ether oxygens (including phenoxy) is 1. The number of carbonyl (C=O) groups is 2. The van der Waals surface area contributed by atoms with Crippen molar-refractivity contribution in [3.63, 3.8) is 0 Å². The highest BCUT2D eigenvalue weighted by Crippen LogP contribution is 2.29. The molecule has 1 rings (SSSR count). The van der Waals surface area contributed by atoms with Crippen LogP contribution in [0.15, 0.2) is 11.3 Å². The van der Waals surface area contributed by atoms with Gasteiger partial charge >= 0.3 is 5.97 Å². The highest BCUT2D eigenvalue weighted by atomic mass is 16.5. The average molecular weight is 239 g/mol. The van der Waals surface area contributed by atoms with Gasteiger partial charge in [0.15, 0.2) is 0 Å². The van der Waals surface area contributed by atoms with Gasteiger partial charge in [0.2, 0.25) is 5.91 Å². The third kappa shape index (κ3) is 3.58. The smallest absolute Gasteiger partial charge is 0.336 e. The lowest BCUT2D eigenvalue weighted by atomic mass is 9.84. The molecule has 1 N–H and O–H groups in total. The number of hydrogen-bond donors (Lipinski definition) is 1. The lowest BCUT2D eigenvalue weighted by Gasteiger charge is -2.27. The van der Waals surface area contributed by atoms with Crippen LogP contribution in [0, 0.1) is 11.8 Å². The molecule has 0 saturated carbocycles. The molecule has 0 fully saturated rings. The Kier molecular flexibility index (Phi) is 4.73. The molecule has 0 bridgehead atoms. The van der Waals surface area contributed by atoms with E-state index in [1.54, 1.807) is 13.8 Å². The number of allylic oxidation sites excluding steroid dienone is 1. The zero-order chi connectivity index (χ0) is 13.0. The maximum absolute atomic E-state index is 11.9. The maximum Gasteiger partial charge on any atom is 0.336 e. The van der Waals surface area contributed by atoms with Crippen LogP contribution in [0.3, 0.4) is 0 Å². The van der Waals surface area contributed by atoms with Crippen molar-refractivity contribution in [2.24, 2.45) is 11.8 Å². The molecule has 1 aliphatic heterocycles. The van der Waals surface area contributed by atoms with Crippen molar-refractivity contribution in [3.8, 4) is 0 Å². The molecule has 0 radical (unpaired) electrons. The van der Waals surface area contributed by atoms with E-state index in [9.17, 15) is 9.59 Å². The van der Waals surface area contributed by atoms with Crippen molar-refractivity contribution >= 4 is 11.9 Å². The van der Waals surface area contributed by atoms with Crippen LogP contribution in [0.25, 0.3) is 0 Å². The lowest BCUT2D eigenvalue weighted by Crippen LogP contribution is -2.35. The number of carbonyl (C=O) groups excluding carboxylic acids is 2. The summed E-state index contributed by atoms with van der Waals surface area (Å²) >= 11 is 0. The Morgan fingerprint density at radius 1 is 1.53 bits per heavy atom. The van der Waals surface area contributed by atoms with Gasteiger partial charge in [0.1, 0.15) is 0 Å². The molecule has 1 aliphatic rings. The number of esters is 1. The first kappa shape index (κ1) is 13.7. The standard InChI is InChI=1S/C13H21NO3/c1-5-17-13(16)12-9(4)14-11(15)7-10(12)6-8(2)3/h8,10H,5-7H2,1-4H3,(H,14,15). The molecule has 1 atom stereocenters. The third-order valence-electron chi connectivity index (χ3n) is 2.82. The topological polar surface area (TPSA) is 55.4 Å². The molecule has 0 aromatic rings. The largest absolute Gasteiger partial charge is 0.463 e. The van der Waals surface area contributed by atoms with Gasteiger partial charge in [-0.05, 0) is 26.2 Å². The first-order valence-electron chi connectivity index (χ1n) is 6.13. The molecule has 96 valence electrons. The fourth-order valence-electron chi connectivity index (χ4n) is 2.26. The molecular weight excluding hydrogens is 218 g/mol. The second-order valence-electron chi connectivity index (χ2n) is 4.84. The summed E-state index contributed by atoms with van der Waals surface area (Å²) in [5, 5.41) is 2.71. The maximum atomic E-state index is 11.9. The number of nitrogens with one attached hydrogen (secondary N) is 1. The van der Waals surface area contributed by atoms with Gasteiger partial charge in [0.05, 0.1) is 12.2 Å². The van der Waals surface area contributed by atoms with E-state index in [2.05, 4.69) is 19.2 Å². The van der Waals surface area contributed by atoms with Gasteiger partial charge in [0, 0.05) is 18.0 Å². The summed E-state index contributed by atoms with van der Waals surface area (Å²) in [7, 11) is 0. The van der Waals surface area contributed by atoms with Gasteiger partial charge in [-0.25, -0.2) is 4.79 Å². The molecule has 4 nitrogen and oxygen atoms in total. The van der Waals surface area contributed by atoms with E-state index >= 15 is 0 Å². The van der Waals surface area contributed by atoms with Crippen molar-refractivity contribution in [3.05, 3.63) is 11.3 Å². The molecule has 0 aromatic heterocycles. The average Bonchev–Trinajstić information content (AvgIpc) is 2.15. The minimum atomic E-state index is -0.296. The molecule has 4 heteroatoms. The van der Waals surface area contributed by atoms with E-state index in [0.29, 0.717) is 30.2 Å². The summed E-state index contributed by atoms with van der Waals surface area (Å²) in [6.07, 6.45) is 1.21. The predicted molar refractivity (Wildman–Crippen MR) is 65.0 cm³/mol. The fraction of sp³-hybridized carbons (Fsp3) is 0.692.